The first-order valence-electron chi connectivity index (χ1n) is 18.4. The molecule has 8 aromatic carbocycles. The molecule has 0 radical (unpaired) electrons. The third kappa shape index (κ3) is 4.49. The Hall–Kier alpha value is -7.15. The number of hydrogen-bond acceptors (Lipinski definition) is 5. The SMILES string of the molecule is c1ccc(-c2nc(-c3ccccc3)nc(-c3cc4ccccc4c4c3oc3c(-n5c6ccccc6c6ccc7sc8ccccc8c7c65)cccc34)n2)cc1. The topological polar surface area (TPSA) is 56.7 Å². The zero-order chi connectivity index (χ0) is 36.0. The van der Waals surface area contributed by atoms with Gasteiger partial charge in [0, 0.05) is 52.8 Å². The molecule has 0 fully saturated rings. The van der Waals surface area contributed by atoms with Crippen LogP contribution in [0.25, 0.3) is 115 Å². The summed E-state index contributed by atoms with van der Waals surface area (Å²) in [4.78, 5) is 15.3. The zero-order valence-corrected chi connectivity index (χ0v) is 30.1. The Morgan fingerprint density at radius 1 is 0.436 bits per heavy atom. The normalized spacial score (nSPS) is 12.0. The molecule has 0 saturated heterocycles. The van der Waals surface area contributed by atoms with Crippen molar-refractivity contribution in [2.45, 2.75) is 0 Å². The highest BCUT2D eigenvalue weighted by Gasteiger charge is 2.24. The van der Waals surface area contributed by atoms with Crippen molar-refractivity contribution in [1.29, 1.82) is 0 Å². The second-order valence-corrected chi connectivity index (χ2v) is 15.0. The molecule has 4 heterocycles. The molecule has 4 aromatic heterocycles. The van der Waals surface area contributed by atoms with E-state index >= 15 is 0 Å². The second-order valence-electron chi connectivity index (χ2n) is 13.9. The number of furan rings is 1. The highest BCUT2D eigenvalue weighted by atomic mass is 32.1. The molecule has 55 heavy (non-hydrogen) atoms. The Morgan fingerprint density at radius 3 is 1.85 bits per heavy atom. The summed E-state index contributed by atoms with van der Waals surface area (Å²) >= 11 is 1.84. The zero-order valence-electron chi connectivity index (χ0n) is 29.3. The van der Waals surface area contributed by atoms with E-state index in [4.69, 9.17) is 19.4 Å². The molecule has 0 unspecified atom stereocenters. The summed E-state index contributed by atoms with van der Waals surface area (Å²) < 4.78 is 12.2. The van der Waals surface area contributed by atoms with E-state index in [0.717, 1.165) is 60.6 Å². The summed E-state index contributed by atoms with van der Waals surface area (Å²) in [6, 6.07) is 59.4. The molecule has 256 valence electrons. The van der Waals surface area contributed by atoms with E-state index < -0.39 is 0 Å². The standard InChI is InChI=1S/C49H28N4OS/c1-3-14-29(15-4-1)47-50-48(30-16-5-2-6-17-30)52-49(51-47)37-28-31-18-7-8-19-32(31)42-36-22-13-24-39(45(36)54-46(37)42)53-38-23-11-9-20-33(38)34-26-27-41-43(44(34)53)35-21-10-12-25-40(35)55-41/h1-28H. The third-order valence-electron chi connectivity index (χ3n) is 10.8. The van der Waals surface area contributed by atoms with Crippen LogP contribution in [-0.4, -0.2) is 19.5 Å². The maximum absolute atomic E-state index is 7.25. The van der Waals surface area contributed by atoms with Crippen LogP contribution in [0.4, 0.5) is 0 Å². The van der Waals surface area contributed by atoms with E-state index in [1.165, 1.54) is 36.5 Å². The number of aromatic nitrogens is 4. The van der Waals surface area contributed by atoms with E-state index in [0.29, 0.717) is 17.5 Å². The van der Waals surface area contributed by atoms with Gasteiger partial charge < -0.3 is 8.98 Å². The lowest BCUT2D eigenvalue weighted by atomic mass is 9.99. The lowest BCUT2D eigenvalue weighted by molar-refractivity contribution is 0.667. The van der Waals surface area contributed by atoms with Crippen LogP contribution < -0.4 is 0 Å². The van der Waals surface area contributed by atoms with Crippen molar-refractivity contribution in [3.8, 4) is 39.9 Å². The molecule has 0 saturated carbocycles. The van der Waals surface area contributed by atoms with E-state index in [-0.39, 0.29) is 0 Å². The van der Waals surface area contributed by atoms with Gasteiger partial charge in [0.15, 0.2) is 23.1 Å². The van der Waals surface area contributed by atoms with E-state index in [9.17, 15) is 0 Å². The van der Waals surface area contributed by atoms with E-state index in [2.05, 4.69) is 114 Å². The van der Waals surface area contributed by atoms with Crippen molar-refractivity contribution in [3.05, 3.63) is 170 Å². The molecule has 0 N–H and O–H groups in total. The average molecular weight is 721 g/mol. The fourth-order valence-electron chi connectivity index (χ4n) is 8.42. The Balaban J connectivity index is 1.21. The van der Waals surface area contributed by atoms with Gasteiger partial charge in [-0.2, -0.15) is 0 Å². The van der Waals surface area contributed by atoms with Gasteiger partial charge in [-0.15, -0.1) is 11.3 Å². The summed E-state index contributed by atoms with van der Waals surface area (Å²) in [5, 5.41) is 9.25. The smallest absolute Gasteiger partial charge is 0.167 e. The van der Waals surface area contributed by atoms with E-state index in [1.807, 2.05) is 72.0 Å². The summed E-state index contributed by atoms with van der Waals surface area (Å²) in [7, 11) is 0. The lowest BCUT2D eigenvalue weighted by Gasteiger charge is -2.10. The van der Waals surface area contributed by atoms with Crippen LogP contribution in [-0.2, 0) is 0 Å². The number of nitrogens with zero attached hydrogens (tertiary/aromatic N) is 4. The van der Waals surface area contributed by atoms with Crippen LogP contribution in [0.5, 0.6) is 0 Å². The molecule has 0 aliphatic carbocycles. The quantitative estimate of drug-likeness (QED) is 0.182. The van der Waals surface area contributed by atoms with Crippen LogP contribution in [0.2, 0.25) is 0 Å². The fourth-order valence-corrected chi connectivity index (χ4v) is 9.53. The van der Waals surface area contributed by atoms with Crippen LogP contribution in [0.15, 0.2) is 174 Å². The maximum Gasteiger partial charge on any atom is 0.167 e. The predicted molar refractivity (Wildman–Crippen MR) is 228 cm³/mol. The van der Waals surface area contributed by atoms with Gasteiger partial charge in [-0.3, -0.25) is 0 Å². The first-order chi connectivity index (χ1) is 27.3. The van der Waals surface area contributed by atoms with Gasteiger partial charge in [0.05, 0.1) is 22.3 Å². The molecule has 6 heteroatoms. The Bertz CT molecular complexity index is 3430. The van der Waals surface area contributed by atoms with Crippen molar-refractivity contribution < 1.29 is 4.42 Å². The average Bonchev–Trinajstić information content (AvgIpc) is 3.94. The highest BCUT2D eigenvalue weighted by Crippen LogP contribution is 2.46. The molecule has 5 nitrogen and oxygen atoms in total. The van der Waals surface area contributed by atoms with Gasteiger partial charge in [-0.25, -0.2) is 15.0 Å². The molecule has 0 bridgehead atoms. The van der Waals surface area contributed by atoms with E-state index in [1.54, 1.807) is 0 Å². The largest absolute Gasteiger partial charge is 0.453 e. The van der Waals surface area contributed by atoms with Crippen molar-refractivity contribution in [1.82, 2.24) is 19.5 Å². The Kier molecular flexibility index (Phi) is 6.44. The van der Waals surface area contributed by atoms with Crippen LogP contribution in [0, 0.1) is 0 Å². The first kappa shape index (κ1) is 30.3. The Labute approximate surface area is 318 Å². The minimum absolute atomic E-state index is 0.562. The number of rotatable bonds is 4. The van der Waals surface area contributed by atoms with Crippen molar-refractivity contribution >= 4 is 86.0 Å². The van der Waals surface area contributed by atoms with Crippen molar-refractivity contribution in [2.24, 2.45) is 0 Å². The van der Waals surface area contributed by atoms with Gasteiger partial charge in [0.1, 0.15) is 5.58 Å². The predicted octanol–water partition coefficient (Wildman–Crippen LogP) is 13.4. The summed E-state index contributed by atoms with van der Waals surface area (Å²) in [5.74, 6) is 1.78. The summed E-state index contributed by atoms with van der Waals surface area (Å²) in [6.07, 6.45) is 0. The molecule has 12 aromatic rings. The highest BCUT2D eigenvalue weighted by molar-refractivity contribution is 7.26. The molecular formula is C49H28N4OS. The first-order valence-corrected chi connectivity index (χ1v) is 19.2. The summed E-state index contributed by atoms with van der Waals surface area (Å²) in [5.41, 5.74) is 7.54. The molecule has 0 amide bonds. The van der Waals surface area contributed by atoms with Gasteiger partial charge >= 0.3 is 0 Å². The number of hydrogen-bond donors (Lipinski definition) is 0. The third-order valence-corrected chi connectivity index (χ3v) is 12.0. The number of para-hydroxylation sites is 2. The summed E-state index contributed by atoms with van der Waals surface area (Å²) in [6.45, 7) is 0. The van der Waals surface area contributed by atoms with Crippen LogP contribution >= 0.6 is 11.3 Å². The molecule has 0 spiro atoms. The second kappa shape index (κ2) is 11.7. The van der Waals surface area contributed by atoms with Gasteiger partial charge in [-0.1, -0.05) is 140 Å². The van der Waals surface area contributed by atoms with Crippen LogP contribution in [0.1, 0.15) is 0 Å². The fraction of sp³-hybridized carbons (Fsp3) is 0. The minimum atomic E-state index is 0.562. The molecule has 0 atom stereocenters. The monoisotopic (exact) mass is 720 g/mol. The number of thiophene rings is 1. The number of fused-ring (bicyclic) bond motifs is 12. The van der Waals surface area contributed by atoms with Crippen molar-refractivity contribution in [2.75, 3.05) is 0 Å². The molecular weight excluding hydrogens is 693 g/mol. The molecule has 12 rings (SSSR count). The van der Waals surface area contributed by atoms with Gasteiger partial charge in [-0.05, 0) is 41.1 Å². The maximum atomic E-state index is 7.25. The van der Waals surface area contributed by atoms with Gasteiger partial charge in [0.25, 0.3) is 0 Å². The molecule has 0 aliphatic rings. The minimum Gasteiger partial charge on any atom is -0.453 e. The van der Waals surface area contributed by atoms with Gasteiger partial charge in [0.2, 0.25) is 0 Å². The van der Waals surface area contributed by atoms with Crippen molar-refractivity contribution in [3.63, 3.8) is 0 Å². The number of benzene rings is 8. The molecule has 0 aliphatic heterocycles. The lowest BCUT2D eigenvalue weighted by Crippen LogP contribution is -2.00. The van der Waals surface area contributed by atoms with Crippen LogP contribution in [0.3, 0.4) is 0 Å². The Morgan fingerprint density at radius 2 is 1.07 bits per heavy atom.